The summed E-state index contributed by atoms with van der Waals surface area (Å²) in [5, 5.41) is 0. The number of hydrogen-bond donors (Lipinski definition) is 0. The van der Waals surface area contributed by atoms with Crippen LogP contribution < -0.4 is 0 Å². The molecule has 1 fully saturated rings. The minimum atomic E-state index is -1.05. The largest absolute Gasteiger partial charge is 0.460 e. The topological polar surface area (TPSA) is 43.4 Å². The number of hydrogen-bond acceptors (Lipinski definition) is 3. The molecule has 0 saturated carbocycles. The number of ketones is 1. The van der Waals surface area contributed by atoms with Gasteiger partial charge in [-0.3, -0.25) is 9.59 Å². The van der Waals surface area contributed by atoms with Crippen molar-refractivity contribution in [2.75, 3.05) is 0 Å². The van der Waals surface area contributed by atoms with E-state index in [1.807, 2.05) is 0 Å². The predicted molar refractivity (Wildman–Crippen MR) is 44.1 cm³/mol. The highest BCUT2D eigenvalue weighted by Crippen LogP contribution is 2.30. The maximum Gasteiger partial charge on any atom is 0.306 e. The molecule has 1 aliphatic rings. The Kier molecular flexibility index (Phi) is 2.42. The van der Waals surface area contributed by atoms with Crippen LogP contribution in [0.25, 0.3) is 0 Å². The van der Waals surface area contributed by atoms with Crippen LogP contribution in [0.5, 0.6) is 0 Å². The van der Waals surface area contributed by atoms with E-state index in [-0.39, 0.29) is 11.8 Å². The summed E-state index contributed by atoms with van der Waals surface area (Å²) in [4.78, 5) is 20.7. The molecule has 2 unspecified atom stereocenters. The Morgan fingerprint density at radius 1 is 1.75 bits per heavy atom. The SMILES string of the molecule is CC(=O)C(C)(Cl)C1CCC(=O)O1. The van der Waals surface area contributed by atoms with E-state index in [9.17, 15) is 9.59 Å². The fourth-order valence-electron chi connectivity index (χ4n) is 1.13. The molecule has 0 aromatic carbocycles. The predicted octanol–water partition coefficient (Wildman–Crippen LogP) is 1.28. The normalized spacial score (nSPS) is 27.9. The van der Waals surface area contributed by atoms with Crippen molar-refractivity contribution in [3.8, 4) is 0 Å². The van der Waals surface area contributed by atoms with E-state index < -0.39 is 11.0 Å². The van der Waals surface area contributed by atoms with Crippen LogP contribution in [0.3, 0.4) is 0 Å². The highest BCUT2D eigenvalue weighted by Gasteiger charge is 2.42. The Labute approximate surface area is 76.0 Å². The van der Waals surface area contributed by atoms with Gasteiger partial charge in [-0.2, -0.15) is 0 Å². The van der Waals surface area contributed by atoms with Crippen LogP contribution in [0.1, 0.15) is 26.7 Å². The molecule has 0 aromatic heterocycles. The lowest BCUT2D eigenvalue weighted by Gasteiger charge is -2.24. The second-order valence-electron chi connectivity index (χ2n) is 3.15. The first kappa shape index (κ1) is 9.52. The van der Waals surface area contributed by atoms with Gasteiger partial charge >= 0.3 is 5.97 Å². The molecule has 0 radical (unpaired) electrons. The van der Waals surface area contributed by atoms with Gasteiger partial charge in [0.2, 0.25) is 0 Å². The molecule has 4 heteroatoms. The minimum absolute atomic E-state index is 0.163. The molecule has 1 heterocycles. The molecular weight excluding hydrogens is 180 g/mol. The minimum Gasteiger partial charge on any atom is -0.460 e. The average Bonchev–Trinajstić information content (AvgIpc) is 2.35. The fourth-order valence-corrected chi connectivity index (χ4v) is 1.29. The number of cyclic esters (lactones) is 1. The van der Waals surface area contributed by atoms with E-state index in [0.717, 1.165) is 0 Å². The number of esters is 1. The second kappa shape index (κ2) is 3.05. The van der Waals surface area contributed by atoms with E-state index in [0.29, 0.717) is 12.8 Å². The van der Waals surface area contributed by atoms with Crippen molar-refractivity contribution >= 4 is 23.4 Å². The van der Waals surface area contributed by atoms with E-state index in [2.05, 4.69) is 0 Å². The van der Waals surface area contributed by atoms with Crippen molar-refractivity contribution in [1.82, 2.24) is 0 Å². The van der Waals surface area contributed by atoms with Gasteiger partial charge in [-0.1, -0.05) is 0 Å². The summed E-state index contributed by atoms with van der Waals surface area (Å²) in [5.74, 6) is -0.433. The first-order valence-corrected chi connectivity index (χ1v) is 4.22. The lowest BCUT2D eigenvalue weighted by atomic mass is 9.97. The fraction of sp³-hybridized carbons (Fsp3) is 0.750. The summed E-state index contributed by atoms with van der Waals surface area (Å²) in [6.07, 6.45) is 0.447. The van der Waals surface area contributed by atoms with Crippen molar-refractivity contribution in [2.45, 2.75) is 37.7 Å². The standard InChI is InChI=1S/C8H11ClO3/c1-5(10)8(2,9)6-3-4-7(11)12-6/h6H,3-4H2,1-2H3. The van der Waals surface area contributed by atoms with Crippen molar-refractivity contribution < 1.29 is 14.3 Å². The van der Waals surface area contributed by atoms with Gasteiger partial charge in [-0.25, -0.2) is 0 Å². The number of carbonyl (C=O) groups is 2. The Bertz CT molecular complexity index is 222. The Hall–Kier alpha value is -0.570. The number of carbonyl (C=O) groups excluding carboxylic acids is 2. The highest BCUT2D eigenvalue weighted by atomic mass is 35.5. The van der Waals surface area contributed by atoms with Gasteiger partial charge in [0.15, 0.2) is 5.78 Å². The van der Waals surface area contributed by atoms with Gasteiger partial charge in [0.05, 0.1) is 0 Å². The zero-order valence-electron chi connectivity index (χ0n) is 7.09. The zero-order chi connectivity index (χ0) is 9.35. The molecule has 0 N–H and O–H groups in total. The van der Waals surface area contributed by atoms with Crippen molar-refractivity contribution in [1.29, 1.82) is 0 Å². The number of ether oxygens (including phenoxy) is 1. The molecule has 1 saturated heterocycles. The molecule has 2 atom stereocenters. The van der Waals surface area contributed by atoms with Gasteiger partial charge < -0.3 is 4.74 Å². The maximum absolute atomic E-state index is 11.0. The molecule has 12 heavy (non-hydrogen) atoms. The molecule has 0 spiro atoms. The smallest absolute Gasteiger partial charge is 0.306 e. The third-order valence-electron chi connectivity index (χ3n) is 2.18. The quantitative estimate of drug-likeness (QED) is 0.487. The third kappa shape index (κ3) is 1.61. The monoisotopic (exact) mass is 190 g/mol. The second-order valence-corrected chi connectivity index (χ2v) is 3.93. The van der Waals surface area contributed by atoms with Crippen molar-refractivity contribution in [3.05, 3.63) is 0 Å². The van der Waals surface area contributed by atoms with Gasteiger partial charge in [0.1, 0.15) is 11.0 Å². The zero-order valence-corrected chi connectivity index (χ0v) is 7.85. The van der Waals surface area contributed by atoms with Crippen molar-refractivity contribution in [2.24, 2.45) is 0 Å². The summed E-state index contributed by atoms with van der Waals surface area (Å²) in [6.45, 7) is 2.99. The van der Waals surface area contributed by atoms with Crippen LogP contribution in [-0.2, 0) is 14.3 Å². The molecule has 0 aliphatic carbocycles. The number of alkyl halides is 1. The first-order chi connectivity index (χ1) is 5.44. The molecule has 1 aliphatic heterocycles. The summed E-state index contributed by atoms with van der Waals surface area (Å²) in [5.41, 5.74) is 0. The van der Waals surface area contributed by atoms with Gasteiger partial charge in [0, 0.05) is 6.42 Å². The van der Waals surface area contributed by atoms with Crippen LogP contribution in [0.2, 0.25) is 0 Å². The summed E-state index contributed by atoms with van der Waals surface area (Å²) in [6, 6.07) is 0. The lowest BCUT2D eigenvalue weighted by molar-refractivity contribution is -0.143. The molecule has 1 rings (SSSR count). The van der Waals surface area contributed by atoms with Gasteiger partial charge in [-0.05, 0) is 20.3 Å². The van der Waals surface area contributed by atoms with E-state index >= 15 is 0 Å². The summed E-state index contributed by atoms with van der Waals surface area (Å²) >= 11 is 5.92. The Balaban J connectivity index is 2.70. The lowest BCUT2D eigenvalue weighted by Crippen LogP contribution is -2.40. The Morgan fingerprint density at radius 2 is 2.33 bits per heavy atom. The number of halogens is 1. The van der Waals surface area contributed by atoms with Crippen LogP contribution in [0.4, 0.5) is 0 Å². The van der Waals surface area contributed by atoms with Gasteiger partial charge in [0.25, 0.3) is 0 Å². The summed E-state index contributed by atoms with van der Waals surface area (Å²) < 4.78 is 4.90. The van der Waals surface area contributed by atoms with Crippen LogP contribution in [0.15, 0.2) is 0 Å². The van der Waals surface area contributed by atoms with Crippen LogP contribution in [-0.4, -0.2) is 22.7 Å². The molecule has 3 nitrogen and oxygen atoms in total. The number of rotatable bonds is 2. The van der Waals surface area contributed by atoms with E-state index in [1.165, 1.54) is 6.92 Å². The average molecular weight is 191 g/mol. The van der Waals surface area contributed by atoms with Crippen LogP contribution in [0, 0.1) is 0 Å². The molecule has 0 amide bonds. The summed E-state index contributed by atoms with van der Waals surface area (Å²) in [7, 11) is 0. The van der Waals surface area contributed by atoms with Gasteiger partial charge in [-0.15, -0.1) is 11.6 Å². The van der Waals surface area contributed by atoms with Crippen molar-refractivity contribution in [3.63, 3.8) is 0 Å². The number of Topliss-reactive ketones (excluding diaryl/α,β-unsaturated/α-hetero) is 1. The molecular formula is C8H11ClO3. The molecule has 0 bridgehead atoms. The molecule has 0 aromatic rings. The van der Waals surface area contributed by atoms with Crippen LogP contribution >= 0.6 is 11.6 Å². The highest BCUT2D eigenvalue weighted by molar-refractivity contribution is 6.35. The molecule has 68 valence electrons. The van der Waals surface area contributed by atoms with E-state index in [1.54, 1.807) is 6.92 Å². The van der Waals surface area contributed by atoms with E-state index in [4.69, 9.17) is 16.3 Å². The Morgan fingerprint density at radius 3 is 2.67 bits per heavy atom. The maximum atomic E-state index is 11.0. The third-order valence-corrected chi connectivity index (χ3v) is 2.69. The first-order valence-electron chi connectivity index (χ1n) is 3.84.